The molecule has 0 radical (unpaired) electrons. The van der Waals surface area contributed by atoms with Gasteiger partial charge < -0.3 is 0 Å². The lowest BCUT2D eigenvalue weighted by molar-refractivity contribution is 0.307. The molecule has 0 saturated carbocycles. The molecule has 18 heavy (non-hydrogen) atoms. The standard InChI is InChI=1S/C10H19N5O2S/c1-10(2,3)15-9(11-12-13-15)8-14-6-4-5-7-18(14,16)17/h4-8H2,1-3H3. The van der Waals surface area contributed by atoms with Crippen molar-refractivity contribution in [1.82, 2.24) is 24.5 Å². The van der Waals surface area contributed by atoms with Gasteiger partial charge in [-0.1, -0.05) is 0 Å². The Hall–Kier alpha value is -1.02. The summed E-state index contributed by atoms with van der Waals surface area (Å²) in [4.78, 5) is 0. The molecule has 1 aromatic rings. The molecule has 0 bridgehead atoms. The molecule has 1 aliphatic rings. The average molecular weight is 273 g/mol. The molecular weight excluding hydrogens is 254 g/mol. The highest BCUT2D eigenvalue weighted by Gasteiger charge is 2.29. The van der Waals surface area contributed by atoms with Gasteiger partial charge in [-0.05, 0) is 44.0 Å². The van der Waals surface area contributed by atoms with E-state index in [1.807, 2.05) is 20.8 Å². The van der Waals surface area contributed by atoms with Gasteiger partial charge in [0.25, 0.3) is 0 Å². The van der Waals surface area contributed by atoms with E-state index in [-0.39, 0.29) is 17.8 Å². The second-order valence-electron chi connectivity index (χ2n) is 5.53. The third kappa shape index (κ3) is 2.69. The zero-order valence-electron chi connectivity index (χ0n) is 11.0. The number of aromatic nitrogens is 4. The summed E-state index contributed by atoms with van der Waals surface area (Å²) in [6, 6.07) is 0. The SMILES string of the molecule is CC(C)(C)n1nnnc1CN1CCCCS1(=O)=O. The molecule has 1 aliphatic heterocycles. The van der Waals surface area contributed by atoms with E-state index in [1.165, 1.54) is 4.31 Å². The molecule has 0 spiro atoms. The number of sulfonamides is 1. The summed E-state index contributed by atoms with van der Waals surface area (Å²) >= 11 is 0. The maximum absolute atomic E-state index is 11.9. The second kappa shape index (κ2) is 4.58. The van der Waals surface area contributed by atoms with Gasteiger partial charge in [0.05, 0.1) is 17.8 Å². The van der Waals surface area contributed by atoms with Gasteiger partial charge in [-0.2, -0.15) is 4.31 Å². The fourth-order valence-electron chi connectivity index (χ4n) is 2.00. The summed E-state index contributed by atoms with van der Waals surface area (Å²) in [5.41, 5.74) is -0.252. The van der Waals surface area contributed by atoms with Crippen LogP contribution in [0.15, 0.2) is 0 Å². The zero-order valence-corrected chi connectivity index (χ0v) is 11.8. The molecule has 8 heteroatoms. The predicted octanol–water partition coefficient (Wildman–Crippen LogP) is 0.354. The molecule has 0 aliphatic carbocycles. The van der Waals surface area contributed by atoms with Crippen LogP contribution in [-0.2, 0) is 22.1 Å². The van der Waals surface area contributed by atoms with Gasteiger partial charge in [0.15, 0.2) is 5.82 Å². The van der Waals surface area contributed by atoms with Crippen molar-refractivity contribution >= 4 is 10.0 Å². The molecule has 1 aromatic heterocycles. The highest BCUT2D eigenvalue weighted by molar-refractivity contribution is 7.89. The molecule has 0 atom stereocenters. The molecular formula is C10H19N5O2S. The third-order valence-corrected chi connectivity index (χ3v) is 4.84. The van der Waals surface area contributed by atoms with E-state index in [4.69, 9.17) is 0 Å². The molecule has 102 valence electrons. The first kappa shape index (κ1) is 13.4. The van der Waals surface area contributed by atoms with Gasteiger partial charge in [-0.25, -0.2) is 13.1 Å². The van der Waals surface area contributed by atoms with Gasteiger partial charge in [0, 0.05) is 6.54 Å². The number of hydrogen-bond donors (Lipinski definition) is 0. The number of rotatable bonds is 2. The van der Waals surface area contributed by atoms with Gasteiger partial charge in [-0.15, -0.1) is 5.10 Å². The molecule has 7 nitrogen and oxygen atoms in total. The van der Waals surface area contributed by atoms with E-state index in [1.54, 1.807) is 4.68 Å². The topological polar surface area (TPSA) is 81.0 Å². The van der Waals surface area contributed by atoms with Crippen LogP contribution in [0.1, 0.15) is 39.4 Å². The van der Waals surface area contributed by atoms with Crippen molar-refractivity contribution in [2.45, 2.75) is 45.7 Å². The van der Waals surface area contributed by atoms with Crippen LogP contribution in [0.5, 0.6) is 0 Å². The van der Waals surface area contributed by atoms with Gasteiger partial charge in [0.1, 0.15) is 0 Å². The highest BCUT2D eigenvalue weighted by Crippen LogP contribution is 2.19. The van der Waals surface area contributed by atoms with E-state index >= 15 is 0 Å². The van der Waals surface area contributed by atoms with Crippen LogP contribution in [0.4, 0.5) is 0 Å². The Morgan fingerprint density at radius 3 is 2.61 bits per heavy atom. The summed E-state index contributed by atoms with van der Waals surface area (Å²) in [5, 5.41) is 11.5. The minimum Gasteiger partial charge on any atom is -0.223 e. The first-order valence-electron chi connectivity index (χ1n) is 6.06. The Labute approximate surface area is 107 Å². The monoisotopic (exact) mass is 273 g/mol. The Bertz CT molecular complexity index is 517. The molecule has 2 rings (SSSR count). The van der Waals surface area contributed by atoms with Crippen molar-refractivity contribution in [2.24, 2.45) is 0 Å². The lowest BCUT2D eigenvalue weighted by Gasteiger charge is -2.27. The van der Waals surface area contributed by atoms with Crippen LogP contribution in [0.3, 0.4) is 0 Å². The quantitative estimate of drug-likeness (QED) is 0.777. The fourth-order valence-corrected chi connectivity index (χ4v) is 3.55. The van der Waals surface area contributed by atoms with Crippen LogP contribution in [0, 0.1) is 0 Å². The lowest BCUT2D eigenvalue weighted by Crippen LogP contribution is -2.39. The minimum absolute atomic E-state index is 0.226. The lowest BCUT2D eigenvalue weighted by atomic mass is 10.1. The van der Waals surface area contributed by atoms with Crippen LogP contribution in [0.2, 0.25) is 0 Å². The second-order valence-corrected chi connectivity index (χ2v) is 7.62. The normalized spacial score (nSPS) is 21.1. The summed E-state index contributed by atoms with van der Waals surface area (Å²) in [6.45, 7) is 6.76. The molecule has 0 unspecified atom stereocenters. The van der Waals surface area contributed by atoms with Crippen molar-refractivity contribution in [2.75, 3.05) is 12.3 Å². The van der Waals surface area contributed by atoms with Crippen LogP contribution in [0.25, 0.3) is 0 Å². The largest absolute Gasteiger partial charge is 0.223 e. The first-order valence-corrected chi connectivity index (χ1v) is 7.67. The van der Waals surface area contributed by atoms with Crippen LogP contribution in [-0.4, -0.2) is 45.2 Å². The maximum Gasteiger partial charge on any atom is 0.214 e. The molecule has 1 fully saturated rings. The maximum atomic E-state index is 11.9. The van der Waals surface area contributed by atoms with E-state index in [0.717, 1.165) is 12.8 Å². The van der Waals surface area contributed by atoms with E-state index in [0.29, 0.717) is 12.4 Å². The first-order chi connectivity index (χ1) is 8.31. The summed E-state index contributed by atoms with van der Waals surface area (Å²) in [5.74, 6) is 0.817. The molecule has 1 saturated heterocycles. The van der Waals surface area contributed by atoms with Gasteiger partial charge in [-0.3, -0.25) is 0 Å². The van der Waals surface area contributed by atoms with Crippen molar-refractivity contribution < 1.29 is 8.42 Å². The minimum atomic E-state index is -3.14. The van der Waals surface area contributed by atoms with E-state index < -0.39 is 10.0 Å². The van der Waals surface area contributed by atoms with Gasteiger partial charge >= 0.3 is 0 Å². The average Bonchev–Trinajstić information content (AvgIpc) is 2.68. The van der Waals surface area contributed by atoms with Gasteiger partial charge in [0.2, 0.25) is 10.0 Å². The Kier molecular flexibility index (Phi) is 3.41. The molecule has 0 N–H and O–H groups in total. The summed E-state index contributed by atoms with van der Waals surface area (Å²) in [6.07, 6.45) is 1.64. The number of tetrazole rings is 1. The highest BCUT2D eigenvalue weighted by atomic mass is 32.2. The molecule has 0 amide bonds. The van der Waals surface area contributed by atoms with Crippen molar-refractivity contribution in [3.05, 3.63) is 5.82 Å². The zero-order chi connectivity index (χ0) is 13.4. The Balaban J connectivity index is 2.22. The third-order valence-electron chi connectivity index (χ3n) is 2.94. The summed E-state index contributed by atoms with van der Waals surface area (Å²) in [7, 11) is -3.14. The number of nitrogens with zero attached hydrogens (tertiary/aromatic N) is 5. The molecule has 0 aromatic carbocycles. The number of hydrogen-bond acceptors (Lipinski definition) is 5. The van der Waals surface area contributed by atoms with E-state index in [9.17, 15) is 8.42 Å². The van der Waals surface area contributed by atoms with Crippen molar-refractivity contribution in [3.63, 3.8) is 0 Å². The van der Waals surface area contributed by atoms with Crippen LogP contribution < -0.4 is 0 Å². The Morgan fingerprint density at radius 1 is 1.28 bits per heavy atom. The van der Waals surface area contributed by atoms with Crippen LogP contribution >= 0.6 is 0 Å². The van der Waals surface area contributed by atoms with Crippen molar-refractivity contribution in [3.8, 4) is 0 Å². The van der Waals surface area contributed by atoms with E-state index in [2.05, 4.69) is 15.5 Å². The molecule has 2 heterocycles. The van der Waals surface area contributed by atoms with Crippen molar-refractivity contribution in [1.29, 1.82) is 0 Å². The Morgan fingerprint density at radius 2 is 2.00 bits per heavy atom. The summed E-state index contributed by atoms with van der Waals surface area (Å²) < 4.78 is 27.0. The smallest absolute Gasteiger partial charge is 0.214 e. The fraction of sp³-hybridized carbons (Fsp3) is 0.900. The predicted molar refractivity (Wildman–Crippen MR) is 66.2 cm³/mol.